The highest BCUT2D eigenvalue weighted by molar-refractivity contribution is 7.17. The summed E-state index contributed by atoms with van der Waals surface area (Å²) in [5.41, 5.74) is 1.08. The summed E-state index contributed by atoms with van der Waals surface area (Å²) in [5, 5.41) is 16.8. The van der Waals surface area contributed by atoms with Crippen LogP contribution in [0.4, 0.5) is 0 Å². The molecular formula is C14H17NOS. The Morgan fingerprint density at radius 2 is 2.24 bits per heavy atom. The van der Waals surface area contributed by atoms with E-state index in [-0.39, 0.29) is 0 Å². The molecule has 2 aromatic rings. The first-order valence-electron chi connectivity index (χ1n) is 6.26. The van der Waals surface area contributed by atoms with Crippen molar-refractivity contribution in [2.75, 3.05) is 6.54 Å². The second-order valence-electron chi connectivity index (χ2n) is 4.76. The van der Waals surface area contributed by atoms with Gasteiger partial charge in [-0.25, -0.2) is 0 Å². The number of phenols is 1. The Bertz CT molecular complexity index is 514. The Hall–Kier alpha value is -1.06. The maximum absolute atomic E-state index is 10.2. The van der Waals surface area contributed by atoms with E-state index in [9.17, 15) is 5.11 Å². The van der Waals surface area contributed by atoms with Crippen LogP contribution in [0.1, 0.15) is 24.8 Å². The van der Waals surface area contributed by atoms with E-state index in [4.69, 9.17) is 0 Å². The van der Waals surface area contributed by atoms with E-state index in [2.05, 4.69) is 17.4 Å². The molecule has 2 heterocycles. The van der Waals surface area contributed by atoms with Crippen LogP contribution in [0.15, 0.2) is 23.6 Å². The van der Waals surface area contributed by atoms with E-state index in [1.165, 1.54) is 24.0 Å². The molecule has 3 heteroatoms. The monoisotopic (exact) mass is 247 g/mol. The lowest BCUT2D eigenvalue weighted by Gasteiger charge is -2.23. The van der Waals surface area contributed by atoms with Crippen molar-refractivity contribution >= 4 is 21.4 Å². The molecule has 1 unspecified atom stereocenters. The topological polar surface area (TPSA) is 32.3 Å². The molecule has 0 spiro atoms. The van der Waals surface area contributed by atoms with Gasteiger partial charge in [0.15, 0.2) is 0 Å². The van der Waals surface area contributed by atoms with E-state index < -0.39 is 0 Å². The number of thiophene rings is 1. The van der Waals surface area contributed by atoms with Crippen LogP contribution in [-0.4, -0.2) is 17.7 Å². The molecule has 1 atom stereocenters. The number of hydrogen-bond donors (Lipinski definition) is 2. The van der Waals surface area contributed by atoms with Gasteiger partial charge in [-0.15, -0.1) is 11.3 Å². The number of benzene rings is 1. The van der Waals surface area contributed by atoms with Crippen LogP contribution in [0.2, 0.25) is 0 Å². The Labute approximate surface area is 105 Å². The highest BCUT2D eigenvalue weighted by Crippen LogP contribution is 2.33. The molecule has 0 bridgehead atoms. The zero-order valence-electron chi connectivity index (χ0n) is 9.78. The minimum Gasteiger partial charge on any atom is -0.507 e. The molecule has 0 radical (unpaired) electrons. The van der Waals surface area contributed by atoms with Gasteiger partial charge < -0.3 is 10.4 Å². The zero-order valence-corrected chi connectivity index (χ0v) is 10.6. The van der Waals surface area contributed by atoms with E-state index in [1.807, 2.05) is 11.4 Å². The molecule has 1 fully saturated rings. The first-order chi connectivity index (χ1) is 8.34. The summed E-state index contributed by atoms with van der Waals surface area (Å²) in [7, 11) is 0. The fourth-order valence-corrected chi connectivity index (χ4v) is 3.39. The second kappa shape index (κ2) is 4.67. The van der Waals surface area contributed by atoms with Gasteiger partial charge in [0.25, 0.3) is 0 Å². The molecule has 1 saturated heterocycles. The number of rotatable bonds is 2. The van der Waals surface area contributed by atoms with Crippen LogP contribution < -0.4 is 5.32 Å². The Morgan fingerprint density at radius 1 is 1.29 bits per heavy atom. The summed E-state index contributed by atoms with van der Waals surface area (Å²) >= 11 is 1.68. The van der Waals surface area contributed by atoms with Crippen molar-refractivity contribution < 1.29 is 5.11 Å². The van der Waals surface area contributed by atoms with Gasteiger partial charge in [0.05, 0.1) is 0 Å². The molecule has 2 nitrogen and oxygen atoms in total. The van der Waals surface area contributed by atoms with Gasteiger partial charge in [0.2, 0.25) is 0 Å². The fourth-order valence-electron chi connectivity index (χ4n) is 2.60. The quantitative estimate of drug-likeness (QED) is 0.853. The molecule has 1 aliphatic heterocycles. The molecular weight excluding hydrogens is 230 g/mol. The summed E-state index contributed by atoms with van der Waals surface area (Å²) < 4.78 is 1.17. The Morgan fingerprint density at radius 3 is 3.06 bits per heavy atom. The third-order valence-corrected chi connectivity index (χ3v) is 4.45. The SMILES string of the molecule is Oc1c(CC2CCCCN2)ccc2sccc12. The third-order valence-electron chi connectivity index (χ3n) is 3.57. The predicted octanol–water partition coefficient (Wildman–Crippen LogP) is 3.29. The van der Waals surface area contributed by atoms with E-state index in [0.29, 0.717) is 11.8 Å². The molecule has 90 valence electrons. The van der Waals surface area contributed by atoms with Crippen molar-refractivity contribution in [1.29, 1.82) is 0 Å². The normalized spacial score (nSPS) is 20.8. The summed E-state index contributed by atoms with van der Waals surface area (Å²) in [6.07, 6.45) is 4.75. The van der Waals surface area contributed by atoms with E-state index in [1.54, 1.807) is 11.3 Å². The van der Waals surface area contributed by atoms with Crippen molar-refractivity contribution in [2.45, 2.75) is 31.7 Å². The van der Waals surface area contributed by atoms with Crippen LogP contribution in [0.25, 0.3) is 10.1 Å². The van der Waals surface area contributed by atoms with Crippen LogP contribution >= 0.6 is 11.3 Å². The molecule has 1 aromatic carbocycles. The lowest BCUT2D eigenvalue weighted by molar-refractivity contribution is 0.392. The van der Waals surface area contributed by atoms with E-state index >= 15 is 0 Å². The minimum atomic E-state index is 0.483. The van der Waals surface area contributed by atoms with Crippen LogP contribution in [0, 0.1) is 0 Å². The molecule has 17 heavy (non-hydrogen) atoms. The second-order valence-corrected chi connectivity index (χ2v) is 5.70. The summed E-state index contributed by atoms with van der Waals surface area (Å²) in [6, 6.07) is 6.74. The summed E-state index contributed by atoms with van der Waals surface area (Å²) in [6.45, 7) is 1.12. The number of aromatic hydroxyl groups is 1. The maximum Gasteiger partial charge on any atom is 0.127 e. The zero-order chi connectivity index (χ0) is 11.7. The molecule has 1 aromatic heterocycles. The standard InChI is InChI=1S/C14H17NOS/c16-14-10(9-11-3-1-2-7-15-11)4-5-13-12(14)6-8-17-13/h4-6,8,11,15-16H,1-3,7,9H2. The van der Waals surface area contributed by atoms with Gasteiger partial charge >= 0.3 is 0 Å². The van der Waals surface area contributed by atoms with Crippen LogP contribution in [0.3, 0.4) is 0 Å². The first kappa shape index (κ1) is 11.1. The van der Waals surface area contributed by atoms with Gasteiger partial charge in [-0.05, 0) is 48.9 Å². The van der Waals surface area contributed by atoms with E-state index in [0.717, 1.165) is 23.9 Å². The van der Waals surface area contributed by atoms with Crippen LogP contribution in [0.5, 0.6) is 5.75 Å². The third kappa shape index (κ3) is 2.17. The molecule has 1 aliphatic rings. The van der Waals surface area contributed by atoms with Crippen molar-refractivity contribution in [3.8, 4) is 5.75 Å². The fraction of sp³-hybridized carbons (Fsp3) is 0.429. The maximum atomic E-state index is 10.2. The molecule has 2 N–H and O–H groups in total. The van der Waals surface area contributed by atoms with Gasteiger partial charge in [0, 0.05) is 16.1 Å². The average Bonchev–Trinajstić information content (AvgIpc) is 2.83. The predicted molar refractivity (Wildman–Crippen MR) is 72.8 cm³/mol. The Balaban J connectivity index is 1.86. The molecule has 0 amide bonds. The first-order valence-corrected chi connectivity index (χ1v) is 7.14. The lowest BCUT2D eigenvalue weighted by Crippen LogP contribution is -2.35. The summed E-state index contributed by atoms with van der Waals surface area (Å²) in [4.78, 5) is 0. The number of hydrogen-bond acceptors (Lipinski definition) is 3. The average molecular weight is 247 g/mol. The highest BCUT2D eigenvalue weighted by Gasteiger charge is 2.16. The number of fused-ring (bicyclic) bond motifs is 1. The number of piperidine rings is 1. The molecule has 0 aliphatic carbocycles. The van der Waals surface area contributed by atoms with Gasteiger partial charge in [-0.3, -0.25) is 0 Å². The van der Waals surface area contributed by atoms with Crippen LogP contribution in [-0.2, 0) is 6.42 Å². The smallest absolute Gasteiger partial charge is 0.127 e. The lowest BCUT2D eigenvalue weighted by atomic mass is 9.96. The molecule has 3 rings (SSSR count). The van der Waals surface area contributed by atoms with Gasteiger partial charge in [-0.1, -0.05) is 12.5 Å². The number of phenolic OH excluding ortho intramolecular Hbond substituents is 1. The van der Waals surface area contributed by atoms with Gasteiger partial charge in [-0.2, -0.15) is 0 Å². The molecule has 0 saturated carbocycles. The Kier molecular flexibility index (Phi) is 3.04. The largest absolute Gasteiger partial charge is 0.507 e. The minimum absolute atomic E-state index is 0.483. The van der Waals surface area contributed by atoms with Crippen molar-refractivity contribution in [3.63, 3.8) is 0 Å². The van der Waals surface area contributed by atoms with Crippen molar-refractivity contribution in [2.24, 2.45) is 0 Å². The van der Waals surface area contributed by atoms with Crippen molar-refractivity contribution in [1.82, 2.24) is 5.32 Å². The van der Waals surface area contributed by atoms with Gasteiger partial charge in [0.1, 0.15) is 5.75 Å². The van der Waals surface area contributed by atoms with Crippen molar-refractivity contribution in [3.05, 3.63) is 29.1 Å². The highest BCUT2D eigenvalue weighted by atomic mass is 32.1. The summed E-state index contributed by atoms with van der Waals surface area (Å²) in [5.74, 6) is 0.483. The number of nitrogens with one attached hydrogen (secondary N) is 1.